The predicted octanol–water partition coefficient (Wildman–Crippen LogP) is 0.502. The molecule has 0 amide bonds. The van der Waals surface area contributed by atoms with Crippen molar-refractivity contribution in [3.05, 3.63) is 12.5 Å². The maximum atomic E-state index is 10.9. The van der Waals surface area contributed by atoms with Gasteiger partial charge in [-0.15, -0.1) is 0 Å². The molecule has 0 fully saturated rings. The Labute approximate surface area is 77.6 Å². The molecule has 1 rings (SSSR count). The van der Waals surface area contributed by atoms with E-state index in [0.29, 0.717) is 0 Å². The Balaban J connectivity index is 3.00. The van der Waals surface area contributed by atoms with Gasteiger partial charge in [0.15, 0.2) is 5.03 Å². The highest BCUT2D eigenvalue weighted by Crippen LogP contribution is 2.11. The molecule has 5 nitrogen and oxygen atoms in total. The number of hydrogen-bond acceptors (Lipinski definition) is 3. The normalized spacial score (nSPS) is 14.4. The highest BCUT2D eigenvalue weighted by Gasteiger charge is 2.12. The van der Waals surface area contributed by atoms with Crippen molar-refractivity contribution in [2.75, 3.05) is 0 Å². The van der Waals surface area contributed by atoms with Gasteiger partial charge >= 0.3 is 0 Å². The minimum absolute atomic E-state index is 0.0761. The molecule has 0 radical (unpaired) electrons. The Morgan fingerprint density at radius 3 is 2.69 bits per heavy atom. The van der Waals surface area contributed by atoms with Gasteiger partial charge in [0.2, 0.25) is 0 Å². The molecule has 6 heteroatoms. The van der Waals surface area contributed by atoms with E-state index >= 15 is 0 Å². The molecule has 0 saturated heterocycles. The van der Waals surface area contributed by atoms with Crippen LogP contribution in [0, 0.1) is 0 Å². The zero-order chi connectivity index (χ0) is 10.1. The van der Waals surface area contributed by atoms with Gasteiger partial charge in [-0.05, 0) is 13.3 Å². The van der Waals surface area contributed by atoms with E-state index < -0.39 is 10.0 Å². The van der Waals surface area contributed by atoms with Crippen molar-refractivity contribution >= 4 is 10.0 Å². The first-order chi connectivity index (χ1) is 5.95. The van der Waals surface area contributed by atoms with Crippen molar-refractivity contribution in [1.82, 2.24) is 9.55 Å². The zero-order valence-electron chi connectivity index (χ0n) is 7.64. The third kappa shape index (κ3) is 2.28. The van der Waals surface area contributed by atoms with E-state index in [2.05, 4.69) is 4.98 Å². The molecule has 0 aliphatic rings. The number of sulfonamides is 1. The Bertz CT molecular complexity index is 382. The second-order valence-corrected chi connectivity index (χ2v) is 4.47. The van der Waals surface area contributed by atoms with Gasteiger partial charge in [0.25, 0.3) is 10.0 Å². The molecule has 1 unspecified atom stereocenters. The summed E-state index contributed by atoms with van der Waals surface area (Å²) in [6.07, 6.45) is 3.85. The second-order valence-electron chi connectivity index (χ2n) is 2.96. The van der Waals surface area contributed by atoms with E-state index in [-0.39, 0.29) is 11.1 Å². The molecule has 0 bridgehead atoms. The van der Waals surface area contributed by atoms with Crippen LogP contribution in [-0.2, 0) is 10.0 Å². The number of primary sulfonamides is 1. The first-order valence-corrected chi connectivity index (χ1v) is 5.56. The lowest BCUT2D eigenvalue weighted by Gasteiger charge is -2.08. The summed E-state index contributed by atoms with van der Waals surface area (Å²) in [5.41, 5.74) is 0. The number of aromatic nitrogens is 2. The average Bonchev–Trinajstić information content (AvgIpc) is 2.50. The summed E-state index contributed by atoms with van der Waals surface area (Å²) in [5.74, 6) is 0. The Morgan fingerprint density at radius 1 is 1.69 bits per heavy atom. The van der Waals surface area contributed by atoms with Crippen LogP contribution in [0.5, 0.6) is 0 Å². The molecule has 74 valence electrons. The maximum Gasteiger partial charge on any atom is 0.257 e. The summed E-state index contributed by atoms with van der Waals surface area (Å²) in [6.45, 7) is 4.00. The molecule has 13 heavy (non-hydrogen) atoms. The third-order valence-electron chi connectivity index (χ3n) is 1.97. The third-order valence-corrected chi connectivity index (χ3v) is 2.76. The fraction of sp³-hybridized carbons (Fsp3) is 0.571. The topological polar surface area (TPSA) is 78.0 Å². The maximum absolute atomic E-state index is 10.9. The lowest BCUT2D eigenvalue weighted by Crippen LogP contribution is -2.12. The fourth-order valence-corrected chi connectivity index (χ4v) is 1.38. The largest absolute Gasteiger partial charge is 0.333 e. The van der Waals surface area contributed by atoms with Gasteiger partial charge in [-0.1, -0.05) is 6.92 Å². The summed E-state index contributed by atoms with van der Waals surface area (Å²) in [4.78, 5) is 3.71. The highest BCUT2D eigenvalue weighted by molar-refractivity contribution is 7.89. The summed E-state index contributed by atoms with van der Waals surface area (Å²) >= 11 is 0. The minimum atomic E-state index is -3.66. The number of nitrogens with two attached hydrogens (primary N) is 1. The molecular formula is C7H13N3O2S. The molecular weight excluding hydrogens is 190 g/mol. The predicted molar refractivity (Wildman–Crippen MR) is 48.6 cm³/mol. The van der Waals surface area contributed by atoms with Gasteiger partial charge in [-0.25, -0.2) is 18.5 Å². The van der Waals surface area contributed by atoms with E-state index in [9.17, 15) is 8.42 Å². The van der Waals surface area contributed by atoms with Crippen molar-refractivity contribution in [2.24, 2.45) is 5.14 Å². The molecule has 1 aromatic heterocycles. The minimum Gasteiger partial charge on any atom is -0.333 e. The van der Waals surface area contributed by atoms with Crippen LogP contribution in [0.25, 0.3) is 0 Å². The van der Waals surface area contributed by atoms with Crippen LogP contribution in [0.2, 0.25) is 0 Å². The Hall–Kier alpha value is -0.880. The number of imidazole rings is 1. The molecule has 0 aliphatic heterocycles. The summed E-state index contributed by atoms with van der Waals surface area (Å²) in [5, 5.41) is 4.83. The van der Waals surface area contributed by atoms with E-state index in [1.54, 1.807) is 4.57 Å². The lowest BCUT2D eigenvalue weighted by atomic mass is 10.3. The van der Waals surface area contributed by atoms with Crippen LogP contribution in [0.15, 0.2) is 17.6 Å². The van der Waals surface area contributed by atoms with Crippen LogP contribution in [-0.4, -0.2) is 18.0 Å². The van der Waals surface area contributed by atoms with Gasteiger partial charge in [-0.3, -0.25) is 0 Å². The SMILES string of the molecule is CCC(C)n1cnc(S(N)(=O)=O)c1. The van der Waals surface area contributed by atoms with Crippen LogP contribution >= 0.6 is 0 Å². The Morgan fingerprint density at radius 2 is 2.31 bits per heavy atom. The molecule has 2 N–H and O–H groups in total. The van der Waals surface area contributed by atoms with E-state index in [1.165, 1.54) is 12.5 Å². The van der Waals surface area contributed by atoms with Gasteiger partial charge in [0.05, 0.1) is 6.33 Å². The van der Waals surface area contributed by atoms with Crippen LogP contribution in [0.4, 0.5) is 0 Å². The molecule has 0 spiro atoms. The van der Waals surface area contributed by atoms with E-state index in [1.807, 2.05) is 13.8 Å². The smallest absolute Gasteiger partial charge is 0.257 e. The second kappa shape index (κ2) is 3.47. The van der Waals surface area contributed by atoms with E-state index in [4.69, 9.17) is 5.14 Å². The van der Waals surface area contributed by atoms with Crippen molar-refractivity contribution in [2.45, 2.75) is 31.3 Å². The summed E-state index contributed by atoms with van der Waals surface area (Å²) in [7, 11) is -3.66. The summed E-state index contributed by atoms with van der Waals surface area (Å²) in [6, 6.07) is 0.239. The van der Waals surface area contributed by atoms with Crippen molar-refractivity contribution < 1.29 is 8.42 Å². The average molecular weight is 203 g/mol. The fourth-order valence-electron chi connectivity index (χ4n) is 0.917. The summed E-state index contributed by atoms with van der Waals surface area (Å²) < 4.78 is 23.5. The number of nitrogens with zero attached hydrogens (tertiary/aromatic N) is 2. The van der Waals surface area contributed by atoms with Crippen LogP contribution < -0.4 is 5.14 Å². The van der Waals surface area contributed by atoms with Crippen molar-refractivity contribution in [3.63, 3.8) is 0 Å². The van der Waals surface area contributed by atoms with Crippen LogP contribution in [0.1, 0.15) is 26.3 Å². The first kappa shape index (κ1) is 10.2. The lowest BCUT2D eigenvalue weighted by molar-refractivity contribution is 0.529. The Kier molecular flexibility index (Phi) is 2.72. The van der Waals surface area contributed by atoms with Gasteiger partial charge in [-0.2, -0.15) is 0 Å². The standard InChI is InChI=1S/C7H13N3O2S/c1-3-6(2)10-4-7(9-5-10)13(8,11)12/h4-6H,3H2,1-2H3,(H2,8,11,12). The van der Waals surface area contributed by atoms with Crippen LogP contribution in [0.3, 0.4) is 0 Å². The van der Waals surface area contributed by atoms with Crippen molar-refractivity contribution in [3.8, 4) is 0 Å². The monoisotopic (exact) mass is 203 g/mol. The highest BCUT2D eigenvalue weighted by atomic mass is 32.2. The van der Waals surface area contributed by atoms with Crippen molar-refractivity contribution in [1.29, 1.82) is 0 Å². The van der Waals surface area contributed by atoms with Gasteiger partial charge < -0.3 is 4.57 Å². The first-order valence-electron chi connectivity index (χ1n) is 4.01. The molecule has 0 aliphatic carbocycles. The molecule has 0 aromatic carbocycles. The van der Waals surface area contributed by atoms with Gasteiger partial charge in [0, 0.05) is 12.2 Å². The quantitative estimate of drug-likeness (QED) is 0.777. The molecule has 1 aromatic rings. The number of rotatable bonds is 3. The van der Waals surface area contributed by atoms with E-state index in [0.717, 1.165) is 6.42 Å². The molecule has 1 atom stereocenters. The zero-order valence-corrected chi connectivity index (χ0v) is 8.45. The van der Waals surface area contributed by atoms with Gasteiger partial charge in [0.1, 0.15) is 0 Å². The molecule has 0 saturated carbocycles. The molecule has 1 heterocycles. The number of hydrogen-bond donors (Lipinski definition) is 1.